The molecule has 0 spiro atoms. The van der Waals surface area contributed by atoms with Crippen molar-refractivity contribution in [2.45, 2.75) is 95.1 Å². The van der Waals surface area contributed by atoms with E-state index < -0.39 is 50.7 Å². The van der Waals surface area contributed by atoms with Crippen molar-refractivity contribution in [1.29, 1.82) is 0 Å². The van der Waals surface area contributed by atoms with Crippen molar-refractivity contribution < 1.29 is 32.3 Å². The van der Waals surface area contributed by atoms with E-state index in [2.05, 4.69) is 23.9 Å². The third-order valence-corrected chi connectivity index (χ3v) is 14.0. The van der Waals surface area contributed by atoms with Crippen LogP contribution in [0.4, 0.5) is 4.79 Å². The Morgan fingerprint density at radius 2 is 1.91 bits per heavy atom. The van der Waals surface area contributed by atoms with E-state index in [4.69, 9.17) is 19.4 Å². The van der Waals surface area contributed by atoms with E-state index in [1.54, 1.807) is 30.4 Å². The second-order valence-corrected chi connectivity index (χ2v) is 18.1. The molecule has 2 N–H and O–H groups in total. The van der Waals surface area contributed by atoms with Crippen molar-refractivity contribution in [3.63, 3.8) is 0 Å². The molecule has 2 saturated carbocycles. The lowest BCUT2D eigenvalue weighted by Gasteiger charge is -2.31. The number of aryl methyl sites for hydroxylation is 1. The molecule has 7 rings (SSSR count). The van der Waals surface area contributed by atoms with Crippen LogP contribution in [0.15, 0.2) is 35.7 Å². The summed E-state index contributed by atoms with van der Waals surface area (Å²) in [4.78, 5) is 55.3. The first-order chi connectivity index (χ1) is 25.2. The molecule has 3 aromatic rings. The Hall–Kier alpha value is -4.24. The smallest absolute Gasteiger partial charge is 0.320 e. The molecule has 4 aliphatic rings. The highest BCUT2D eigenvalue weighted by Crippen LogP contribution is 2.46. The van der Waals surface area contributed by atoms with Crippen LogP contribution in [0.3, 0.4) is 0 Å². The fraction of sp³-hybridized carbons (Fsp3) is 0.553. The van der Waals surface area contributed by atoms with Gasteiger partial charge in [0, 0.05) is 53.7 Å². The van der Waals surface area contributed by atoms with E-state index in [0.717, 1.165) is 40.9 Å². The second-order valence-electron chi connectivity index (χ2n) is 15.2. The topological polar surface area (TPSA) is 160 Å². The van der Waals surface area contributed by atoms with Crippen LogP contribution in [-0.4, -0.2) is 96.2 Å². The van der Waals surface area contributed by atoms with E-state index in [9.17, 15) is 22.8 Å². The van der Waals surface area contributed by atoms with Crippen LogP contribution in [0.25, 0.3) is 22.3 Å². The van der Waals surface area contributed by atoms with Crippen LogP contribution in [0, 0.1) is 18.8 Å². The molecule has 2 aliphatic heterocycles. The summed E-state index contributed by atoms with van der Waals surface area (Å²) in [5, 5.41) is 6.08. The molecule has 284 valence electrons. The number of carbonyl (C=O) groups is 3. The Morgan fingerprint density at radius 3 is 2.60 bits per heavy atom. The molecule has 0 bridgehead atoms. The van der Waals surface area contributed by atoms with E-state index >= 15 is 0 Å². The number of carbonyl (C=O) groups excluding carboxylic acids is 3. The maximum absolute atomic E-state index is 14.4. The Morgan fingerprint density at radius 1 is 1.13 bits per heavy atom. The highest BCUT2D eigenvalue weighted by Gasteiger charge is 2.62. The van der Waals surface area contributed by atoms with Gasteiger partial charge in [-0.1, -0.05) is 32.9 Å². The number of nitrogens with zero attached hydrogens (tertiary/aromatic N) is 4. The van der Waals surface area contributed by atoms with Crippen molar-refractivity contribution in [3.05, 3.63) is 46.3 Å². The quantitative estimate of drug-likeness (QED) is 0.296. The largest absolute Gasteiger partial charge is 0.496 e. The predicted octanol–water partition coefficient (Wildman–Crippen LogP) is 5.14. The number of hydrogen-bond acceptors (Lipinski definition) is 10. The number of urea groups is 1. The lowest BCUT2D eigenvalue weighted by atomic mass is 9.98. The summed E-state index contributed by atoms with van der Waals surface area (Å²) in [7, 11) is -0.508. The van der Waals surface area contributed by atoms with Gasteiger partial charge in [-0.2, -0.15) is 0 Å². The van der Waals surface area contributed by atoms with Crippen molar-refractivity contribution in [3.8, 4) is 22.9 Å². The maximum atomic E-state index is 14.4. The van der Waals surface area contributed by atoms with Gasteiger partial charge in [0.05, 0.1) is 40.8 Å². The van der Waals surface area contributed by atoms with E-state index in [-0.39, 0.29) is 30.8 Å². The number of rotatable bonds is 8. The number of ether oxygens (including phenoxy) is 2. The van der Waals surface area contributed by atoms with E-state index in [0.29, 0.717) is 42.1 Å². The van der Waals surface area contributed by atoms with Crippen LogP contribution in [0.1, 0.15) is 75.8 Å². The number of methoxy groups -OCH3 is 1. The van der Waals surface area contributed by atoms with Gasteiger partial charge in [0.1, 0.15) is 29.2 Å². The molecule has 4 heterocycles. The number of aromatic nitrogens is 2. The number of allylic oxidation sites excluding steroid dienone is 1. The number of thiazole rings is 1. The standard InChI is InChI=1S/C38H48N6O7S2/c1-21(2)35-40-28(20-52-35)27-17-30(26-14-15-29(50-6)22(3)32(26)39-27)51-31-19-44-33(23(31)4)34(45)41-38(36(46)42-53(48,49)25-12-13-25)18-24(38)11-9-7-8-10-16-43(5)37(44)47/h9,11,14-15,17,20-21,23-25,31,33H,7-8,10,12-13,16,18-19H2,1-6H3,(H,41,45)(H,42,46)/b11-9-/t23-,24+,31-,33-,38+/m0/s1. The van der Waals surface area contributed by atoms with E-state index in [1.165, 1.54) is 4.90 Å². The molecule has 13 nitrogen and oxygen atoms in total. The third kappa shape index (κ3) is 7.09. The number of nitrogens with one attached hydrogen (secondary N) is 2. The van der Waals surface area contributed by atoms with Gasteiger partial charge in [0.15, 0.2) is 0 Å². The lowest BCUT2D eigenvalue weighted by molar-refractivity contribution is -0.132. The molecule has 1 aromatic carbocycles. The zero-order valence-corrected chi connectivity index (χ0v) is 32.7. The number of hydrogen-bond donors (Lipinski definition) is 2. The maximum Gasteiger partial charge on any atom is 0.320 e. The van der Waals surface area contributed by atoms with Gasteiger partial charge < -0.3 is 24.6 Å². The molecular weight excluding hydrogens is 717 g/mol. The summed E-state index contributed by atoms with van der Waals surface area (Å²) in [5.41, 5.74) is 1.45. The molecular formula is C38H48N6O7S2. The average molecular weight is 765 g/mol. The fourth-order valence-electron chi connectivity index (χ4n) is 7.49. The molecule has 3 fully saturated rings. The Kier molecular flexibility index (Phi) is 9.94. The summed E-state index contributed by atoms with van der Waals surface area (Å²) in [6.45, 7) is 8.62. The highest BCUT2D eigenvalue weighted by molar-refractivity contribution is 7.91. The van der Waals surface area contributed by atoms with Gasteiger partial charge in [-0.3, -0.25) is 14.3 Å². The first kappa shape index (κ1) is 37.1. The molecule has 5 atom stereocenters. The Bertz CT molecular complexity index is 2080. The fourth-order valence-corrected chi connectivity index (χ4v) is 9.68. The van der Waals surface area contributed by atoms with Gasteiger partial charge in [0.25, 0.3) is 5.91 Å². The van der Waals surface area contributed by atoms with Crippen molar-refractivity contribution in [2.24, 2.45) is 11.8 Å². The minimum atomic E-state index is -3.85. The summed E-state index contributed by atoms with van der Waals surface area (Å²) >= 11 is 1.57. The summed E-state index contributed by atoms with van der Waals surface area (Å²) < 4.78 is 40.4. The first-order valence-corrected chi connectivity index (χ1v) is 20.8. The molecule has 15 heteroatoms. The van der Waals surface area contributed by atoms with Gasteiger partial charge in [0.2, 0.25) is 15.9 Å². The molecule has 2 aromatic heterocycles. The minimum absolute atomic E-state index is 0.115. The molecule has 4 amide bonds. The van der Waals surface area contributed by atoms with Gasteiger partial charge in [-0.05, 0) is 57.6 Å². The van der Waals surface area contributed by atoms with Crippen LogP contribution >= 0.6 is 11.3 Å². The monoisotopic (exact) mass is 764 g/mol. The van der Waals surface area contributed by atoms with E-state index in [1.807, 2.05) is 49.6 Å². The molecule has 0 radical (unpaired) electrons. The SMILES string of the molecule is COc1ccc2c(O[C@H]3CN4C(=O)N(C)CCCC/C=C\[C@@H]5C[C@@]5(C(=O)NS(=O)(=O)C5CC5)NC(=O)[C@@H]4[C@H]3C)cc(-c3csc(C(C)C)n3)nc2c1C. The summed E-state index contributed by atoms with van der Waals surface area (Å²) in [5.74, 6) is -0.680. The summed E-state index contributed by atoms with van der Waals surface area (Å²) in [6.07, 6.45) is 6.85. The van der Waals surface area contributed by atoms with Crippen LogP contribution in [0.5, 0.6) is 11.5 Å². The Balaban J connectivity index is 1.24. The summed E-state index contributed by atoms with van der Waals surface area (Å²) in [6, 6.07) is 4.32. The second kappa shape index (κ2) is 14.2. The van der Waals surface area contributed by atoms with Gasteiger partial charge >= 0.3 is 6.03 Å². The zero-order chi connectivity index (χ0) is 37.8. The van der Waals surface area contributed by atoms with Crippen LogP contribution in [-0.2, 0) is 19.6 Å². The normalized spacial score (nSPS) is 27.2. The number of amides is 4. The van der Waals surface area contributed by atoms with Crippen LogP contribution < -0.4 is 19.5 Å². The zero-order valence-electron chi connectivity index (χ0n) is 31.0. The molecule has 1 saturated heterocycles. The lowest BCUT2D eigenvalue weighted by Crippen LogP contribution is -2.58. The molecule has 0 unspecified atom stereocenters. The average Bonchev–Trinajstić information content (AvgIpc) is 4.01. The number of benzene rings is 1. The number of fused-ring (bicyclic) bond motifs is 3. The third-order valence-electron chi connectivity index (χ3n) is 11.0. The first-order valence-electron chi connectivity index (χ1n) is 18.4. The Labute approximate surface area is 314 Å². The van der Waals surface area contributed by atoms with Gasteiger partial charge in [-0.25, -0.2) is 23.2 Å². The predicted molar refractivity (Wildman–Crippen MR) is 202 cm³/mol. The molecule has 53 heavy (non-hydrogen) atoms. The highest BCUT2D eigenvalue weighted by atomic mass is 32.2. The van der Waals surface area contributed by atoms with Crippen molar-refractivity contribution >= 4 is 50.1 Å². The van der Waals surface area contributed by atoms with Crippen LogP contribution in [0.2, 0.25) is 0 Å². The number of sulfonamides is 1. The van der Waals surface area contributed by atoms with Gasteiger partial charge in [-0.15, -0.1) is 11.3 Å². The molecule has 2 aliphatic carbocycles. The minimum Gasteiger partial charge on any atom is -0.496 e. The number of pyridine rings is 1. The van der Waals surface area contributed by atoms with Crippen molar-refractivity contribution in [2.75, 3.05) is 27.2 Å². The van der Waals surface area contributed by atoms with Crippen molar-refractivity contribution in [1.82, 2.24) is 29.8 Å².